The summed E-state index contributed by atoms with van der Waals surface area (Å²) in [5, 5.41) is 20.6. The minimum Gasteiger partial charge on any atom is -0.496 e. The number of aromatic nitrogens is 5. The summed E-state index contributed by atoms with van der Waals surface area (Å²) in [7, 11) is -0.232. The molecule has 0 aliphatic rings. The van der Waals surface area contributed by atoms with Crippen LogP contribution in [-0.4, -0.2) is 157 Å². The SMILES string of the molecule is CCOC(=O)c1cn([C@H](CO[Si](C)(C)C(C)(C)C)C(C)C)c2cc(OC)c(C#Cc3ccc(F)cc3F)cc2c1=O.CCOC(=O)c1cn([C@H](CO[Si](C)(C)C(C)(C)C)C(C)C)c2cc(OC)c(CCc3ccc(F)cc3F)cc2c1=O.CCOC(=O)c1cn([C@H](CO[Si](C)(C)C(C)(C)C)C(C)C)c2nc(OC)c(Br)cc2c1=O.COc1cc2c(cc1CCc1ccc(F)cc1F)c(=O)c(C(=O)O)cn2[C@H](CO)C(C)C. The fourth-order valence-electron chi connectivity index (χ4n) is 15.6. The maximum absolute atomic E-state index is 14.3. The number of rotatable bonds is 35. The van der Waals surface area contributed by atoms with Gasteiger partial charge in [-0.05, 0) is 211 Å². The highest BCUT2D eigenvalue weighted by molar-refractivity contribution is 9.10. The summed E-state index contributed by atoms with van der Waals surface area (Å²) in [6.45, 7) is 55.5. The Morgan fingerprint density at radius 1 is 0.397 bits per heavy atom. The zero-order chi connectivity index (χ0) is 109. The molecule has 5 aromatic heterocycles. The molecule has 4 atom stereocenters. The van der Waals surface area contributed by atoms with Crippen LogP contribution in [0, 0.1) is 70.4 Å². The number of aliphatic hydroxyl groups is 1. The number of aliphatic hydroxyl groups excluding tert-OH is 1. The Labute approximate surface area is 862 Å². The second-order valence-electron chi connectivity index (χ2n) is 41.9. The number of ether oxygens (including phenoxy) is 7. The van der Waals surface area contributed by atoms with Gasteiger partial charge in [-0.25, -0.2) is 45.5 Å². The second-order valence-corrected chi connectivity index (χ2v) is 57.1. The largest absolute Gasteiger partial charge is 0.496 e. The first kappa shape index (κ1) is 120. The van der Waals surface area contributed by atoms with Gasteiger partial charge in [0, 0.05) is 77.3 Å². The summed E-state index contributed by atoms with van der Waals surface area (Å²) in [4.78, 5) is 108. The highest BCUT2D eigenvalue weighted by Gasteiger charge is 2.42. The van der Waals surface area contributed by atoms with Crippen molar-refractivity contribution in [3.63, 3.8) is 0 Å². The number of halogens is 7. The van der Waals surface area contributed by atoms with Crippen LogP contribution >= 0.6 is 15.9 Å². The molecule has 0 radical (unpaired) electrons. The molecule has 2 N–H and O–H groups in total. The third-order valence-corrected chi connectivity index (χ3v) is 41.7. The molecule has 0 saturated heterocycles. The summed E-state index contributed by atoms with van der Waals surface area (Å²) in [5.41, 5.74) is 1.64. The Morgan fingerprint density at radius 3 is 1.05 bits per heavy atom. The van der Waals surface area contributed by atoms with Gasteiger partial charge in [0.15, 0.2) is 25.0 Å². The Morgan fingerprint density at radius 2 is 0.712 bits per heavy atom. The van der Waals surface area contributed by atoms with Crippen molar-refractivity contribution in [2.45, 2.75) is 243 Å². The standard InChI is InChI=1S/C32H43F2NO5Si.C32H39F2NO5Si.C24H25F2NO5.C23H35BrN2O5Si/c2*1-10-39-31(37)25-18-35(28(20(2)3)19-40-41(8,9)32(4,5)6)27-17-29(38-7)22(15-24(27)30(25)36)12-11-21-13-14-23(33)16-26(21)34;1-13(2)21(12-28)27-11-18(24(30)31)23(29)17-8-15(22(32-3)10-20(17)27)5-4-14-6-7-16(25)9-19(14)26;1-10-30-22(28)16-12-26(18(14(2)3)13-31-32(8,9)23(4,5)6)20-15(19(16)27)11-17(24)21(25-20)29-7/h13-18,20,28H,10-12,19H2,1-9H3;13-18,20,28H,10,19H2,1-9H3;6-11,13,21,28H,4-5,12H2,1-3H3,(H,30,31);11-12,14,18H,10,13H2,1-9H3/t2*28-;21-;18-/m1111/s1. The summed E-state index contributed by atoms with van der Waals surface area (Å²) in [6, 6.07) is 20.5. The molecule has 146 heavy (non-hydrogen) atoms. The van der Waals surface area contributed by atoms with Crippen molar-refractivity contribution in [2.75, 3.05) is 74.7 Å². The van der Waals surface area contributed by atoms with Gasteiger partial charge in [0.1, 0.15) is 80.1 Å². The van der Waals surface area contributed by atoms with E-state index in [1.807, 2.05) is 27.5 Å². The molecular formula is C111H142BrF6N5O20Si3. The number of carboxylic acid groups (broad SMARTS) is 1. The number of esters is 3. The van der Waals surface area contributed by atoms with Gasteiger partial charge in [0.25, 0.3) is 0 Å². The van der Waals surface area contributed by atoms with Gasteiger partial charge in [-0.2, -0.15) is 4.98 Å². The maximum atomic E-state index is 14.3. The normalized spacial score (nSPS) is 12.9. The molecule has 11 rings (SSSR count). The van der Waals surface area contributed by atoms with E-state index in [2.05, 4.69) is 176 Å². The van der Waals surface area contributed by atoms with Crippen molar-refractivity contribution in [1.29, 1.82) is 0 Å². The molecule has 0 spiro atoms. The zero-order valence-corrected chi connectivity index (χ0v) is 94.2. The quantitative estimate of drug-likeness (QED) is 0.0123. The average Bonchev–Trinajstić information content (AvgIpc) is 0.768. The lowest BCUT2D eigenvalue weighted by Gasteiger charge is -2.38. The number of carbonyl (C=O) groups is 4. The average molecular weight is 2140 g/mol. The minimum atomic E-state index is -2.11. The summed E-state index contributed by atoms with van der Waals surface area (Å²) < 4.78 is 148. The van der Waals surface area contributed by atoms with Crippen LogP contribution in [-0.2, 0) is 53.2 Å². The molecule has 0 fully saturated rings. The number of methoxy groups -OCH3 is 4. The molecule has 25 nitrogen and oxygen atoms in total. The molecule has 35 heteroatoms. The molecule has 11 aromatic rings. The van der Waals surface area contributed by atoms with Crippen molar-refractivity contribution >= 4 is 109 Å². The smallest absolute Gasteiger partial charge is 0.343 e. The second kappa shape index (κ2) is 50.5. The molecule has 5 heterocycles. The summed E-state index contributed by atoms with van der Waals surface area (Å²) in [5.74, 6) is -0.00495. The molecule has 0 aliphatic carbocycles. The molecule has 0 unspecified atom stereocenters. The lowest BCUT2D eigenvalue weighted by atomic mass is 9.98. The lowest BCUT2D eigenvalue weighted by molar-refractivity contribution is 0.0514. The van der Waals surface area contributed by atoms with Gasteiger partial charge in [0.2, 0.25) is 27.6 Å². The fraction of sp³-hybridized carbons (Fsp3) is 0.468. The number of carbonyl (C=O) groups excluding carboxylic acids is 3. The van der Waals surface area contributed by atoms with Crippen molar-refractivity contribution in [1.82, 2.24) is 23.3 Å². The first-order chi connectivity index (χ1) is 68.1. The van der Waals surface area contributed by atoms with E-state index < -0.39 is 117 Å². The van der Waals surface area contributed by atoms with Gasteiger partial charge in [0.05, 0.1) is 136 Å². The molecule has 0 saturated carbocycles. The summed E-state index contributed by atoms with van der Waals surface area (Å²) in [6.07, 6.45) is 7.06. The van der Waals surface area contributed by atoms with E-state index in [0.717, 1.165) is 24.3 Å². The minimum absolute atomic E-state index is 0.00296. The zero-order valence-electron chi connectivity index (χ0n) is 89.6. The number of nitrogens with zero attached hydrogens (tertiary/aromatic N) is 5. The van der Waals surface area contributed by atoms with Crippen LogP contribution in [0.5, 0.6) is 23.1 Å². The van der Waals surface area contributed by atoms with Gasteiger partial charge in [-0.1, -0.05) is 142 Å². The van der Waals surface area contributed by atoms with Crippen LogP contribution in [0.4, 0.5) is 26.3 Å². The van der Waals surface area contributed by atoms with Crippen LogP contribution in [0.15, 0.2) is 146 Å². The van der Waals surface area contributed by atoms with E-state index in [4.69, 9.17) is 46.4 Å². The molecule has 792 valence electrons. The summed E-state index contributed by atoms with van der Waals surface area (Å²) >= 11 is 3.40. The van der Waals surface area contributed by atoms with Gasteiger partial charge >= 0.3 is 23.9 Å². The van der Waals surface area contributed by atoms with E-state index in [9.17, 15) is 74.9 Å². The predicted molar refractivity (Wildman–Crippen MR) is 571 cm³/mol. The van der Waals surface area contributed by atoms with Crippen molar-refractivity contribution < 1.29 is 102 Å². The topological polar surface area (TPSA) is 302 Å². The monoisotopic (exact) mass is 2140 g/mol. The molecular weight excluding hydrogens is 2000 g/mol. The number of carboxylic acids is 1. The molecule has 0 aliphatic heterocycles. The van der Waals surface area contributed by atoms with Crippen LogP contribution in [0.3, 0.4) is 0 Å². The Bertz CT molecular complexity index is 6910. The van der Waals surface area contributed by atoms with Crippen LogP contribution in [0.2, 0.25) is 54.4 Å². The van der Waals surface area contributed by atoms with Crippen molar-refractivity contribution in [2.24, 2.45) is 23.7 Å². The maximum Gasteiger partial charge on any atom is 0.343 e. The number of aromatic carboxylic acids is 1. The van der Waals surface area contributed by atoms with E-state index in [1.165, 1.54) is 63.9 Å². The van der Waals surface area contributed by atoms with E-state index in [-0.39, 0.29) is 136 Å². The Balaban J connectivity index is 0.000000239. The Hall–Kier alpha value is -11.5. The number of hydrogen-bond acceptors (Lipinski definition) is 20. The number of hydrogen-bond donors (Lipinski definition) is 2. The highest BCUT2D eigenvalue weighted by Crippen LogP contribution is 2.43. The van der Waals surface area contributed by atoms with Crippen LogP contribution in [0.1, 0.15) is 237 Å². The first-order valence-corrected chi connectivity index (χ1v) is 58.4. The number of aryl methyl sites for hydroxylation is 4. The third kappa shape index (κ3) is 28.7. The first-order valence-electron chi connectivity index (χ1n) is 48.8. The third-order valence-electron chi connectivity index (χ3n) is 27.6. The molecule has 6 aromatic carbocycles. The van der Waals surface area contributed by atoms with Gasteiger partial charge in [-0.15, -0.1) is 0 Å². The number of pyridine rings is 5. The lowest BCUT2D eigenvalue weighted by Crippen LogP contribution is -2.42. The van der Waals surface area contributed by atoms with Crippen LogP contribution in [0.25, 0.3) is 43.7 Å². The Kier molecular flexibility index (Phi) is 41.4. The number of benzene rings is 6. The number of fused-ring (bicyclic) bond motifs is 4. The van der Waals surface area contributed by atoms with E-state index in [0.29, 0.717) is 115 Å². The van der Waals surface area contributed by atoms with Gasteiger partial charge in [-0.3, -0.25) is 19.2 Å². The van der Waals surface area contributed by atoms with Gasteiger partial charge < -0.3 is 74.9 Å². The fourth-order valence-corrected chi connectivity index (χ4v) is 19.1. The molecule has 0 amide bonds. The molecule has 0 bridgehead atoms. The van der Waals surface area contributed by atoms with Crippen LogP contribution < -0.4 is 40.7 Å². The van der Waals surface area contributed by atoms with Crippen molar-refractivity contribution in [3.8, 4) is 35.0 Å². The predicted octanol–water partition coefficient (Wildman–Crippen LogP) is 24.1. The highest BCUT2D eigenvalue weighted by atomic mass is 79.9. The van der Waals surface area contributed by atoms with E-state index >= 15 is 0 Å². The van der Waals surface area contributed by atoms with E-state index in [1.54, 1.807) is 87.4 Å². The van der Waals surface area contributed by atoms with Crippen molar-refractivity contribution in [3.05, 3.63) is 258 Å².